The molecule has 0 rings (SSSR count). The van der Waals surface area contributed by atoms with E-state index in [-0.39, 0.29) is 19.6 Å². The van der Waals surface area contributed by atoms with E-state index in [1.807, 2.05) is 0 Å². The quantitative estimate of drug-likeness (QED) is 0.556. The average Bonchev–Trinajstić information content (AvgIpc) is 1.84. The van der Waals surface area contributed by atoms with E-state index in [0.717, 1.165) is 0 Å². The predicted octanol–water partition coefficient (Wildman–Crippen LogP) is -0.317. The van der Waals surface area contributed by atoms with Crippen LogP contribution in [0.1, 0.15) is 20.3 Å². The smallest absolute Gasteiger partial charge is 0.302 e. The minimum atomic E-state index is -1.11. The number of esters is 1. The van der Waals surface area contributed by atoms with Crippen molar-refractivity contribution in [3.8, 4) is 0 Å². The van der Waals surface area contributed by atoms with E-state index in [1.165, 1.54) is 13.8 Å². The fourth-order valence-electron chi connectivity index (χ4n) is 0.570. The van der Waals surface area contributed by atoms with Crippen LogP contribution >= 0.6 is 0 Å². The summed E-state index contributed by atoms with van der Waals surface area (Å²) < 4.78 is 4.56. The molecular weight excluding hydrogens is 148 g/mol. The van der Waals surface area contributed by atoms with Gasteiger partial charge in [0.25, 0.3) is 0 Å². The first-order valence-corrected chi connectivity index (χ1v) is 3.44. The number of carbonyl (C=O) groups is 1. The van der Waals surface area contributed by atoms with Gasteiger partial charge in [0.2, 0.25) is 0 Å². The van der Waals surface area contributed by atoms with Gasteiger partial charge in [0.15, 0.2) is 0 Å². The van der Waals surface area contributed by atoms with E-state index in [1.54, 1.807) is 0 Å². The van der Waals surface area contributed by atoms with E-state index in [2.05, 4.69) is 4.74 Å². The van der Waals surface area contributed by atoms with Crippen LogP contribution in [0.25, 0.3) is 0 Å². The summed E-state index contributed by atoms with van der Waals surface area (Å²) in [6, 6.07) is 0. The van der Waals surface area contributed by atoms with Gasteiger partial charge in [-0.1, -0.05) is 0 Å². The van der Waals surface area contributed by atoms with Crippen LogP contribution in [-0.2, 0) is 9.53 Å². The lowest BCUT2D eigenvalue weighted by Gasteiger charge is -2.20. The molecule has 0 unspecified atom stereocenters. The van der Waals surface area contributed by atoms with Gasteiger partial charge in [-0.05, 0) is 6.92 Å². The van der Waals surface area contributed by atoms with Gasteiger partial charge in [-0.2, -0.15) is 0 Å². The molecule has 0 aromatic heterocycles. The molecule has 0 amide bonds. The molecule has 0 aliphatic rings. The largest absolute Gasteiger partial charge is 0.463 e. The van der Waals surface area contributed by atoms with Crippen LogP contribution < -0.4 is 0 Å². The lowest BCUT2D eigenvalue weighted by molar-refractivity contribution is -0.148. The minimum absolute atomic E-state index is 0.0666. The highest BCUT2D eigenvalue weighted by Crippen LogP contribution is 2.08. The van der Waals surface area contributed by atoms with Gasteiger partial charge in [-0.3, -0.25) is 4.79 Å². The van der Waals surface area contributed by atoms with E-state index >= 15 is 0 Å². The fraction of sp³-hybridized carbons (Fsp3) is 0.857. The number of hydrogen-bond acceptors (Lipinski definition) is 4. The summed E-state index contributed by atoms with van der Waals surface area (Å²) in [6.45, 7) is 2.60. The maximum absolute atomic E-state index is 10.3. The molecule has 0 aliphatic heterocycles. The third-order valence-corrected chi connectivity index (χ3v) is 1.24. The van der Waals surface area contributed by atoms with Crippen molar-refractivity contribution < 1.29 is 19.7 Å². The standard InChI is InChI=1S/C7H14O4/c1-6(9)11-5-7(2,10)3-4-8/h8,10H,3-5H2,1-2H3/t7-/m1/s1. The Morgan fingerprint density at radius 1 is 1.64 bits per heavy atom. The Kier molecular flexibility index (Phi) is 4.07. The van der Waals surface area contributed by atoms with Crippen LogP contribution in [0.4, 0.5) is 0 Å². The summed E-state index contributed by atoms with van der Waals surface area (Å²) in [5.74, 6) is -0.428. The van der Waals surface area contributed by atoms with Crippen LogP contribution in [-0.4, -0.2) is 35.0 Å². The second-order valence-electron chi connectivity index (χ2n) is 2.75. The first-order valence-electron chi connectivity index (χ1n) is 3.44. The Hall–Kier alpha value is -0.610. The van der Waals surface area contributed by atoms with Crippen molar-refractivity contribution in [2.45, 2.75) is 25.9 Å². The Labute approximate surface area is 65.8 Å². The summed E-state index contributed by atoms with van der Waals surface area (Å²) in [5, 5.41) is 17.8. The van der Waals surface area contributed by atoms with Crippen molar-refractivity contribution in [1.82, 2.24) is 0 Å². The molecule has 0 radical (unpaired) electrons. The molecule has 0 fully saturated rings. The van der Waals surface area contributed by atoms with Gasteiger partial charge >= 0.3 is 5.97 Å². The van der Waals surface area contributed by atoms with E-state index in [0.29, 0.717) is 0 Å². The highest BCUT2D eigenvalue weighted by molar-refractivity contribution is 5.65. The molecule has 0 spiro atoms. The predicted molar refractivity (Wildman–Crippen MR) is 39.0 cm³/mol. The van der Waals surface area contributed by atoms with Crippen molar-refractivity contribution in [2.24, 2.45) is 0 Å². The zero-order chi connectivity index (χ0) is 8.91. The summed E-state index contributed by atoms with van der Waals surface area (Å²) in [6.07, 6.45) is 0.209. The SMILES string of the molecule is CC(=O)OC[C@](C)(O)CCO. The zero-order valence-electron chi connectivity index (χ0n) is 6.83. The molecule has 11 heavy (non-hydrogen) atoms. The number of hydrogen-bond donors (Lipinski definition) is 2. The van der Waals surface area contributed by atoms with Gasteiger partial charge < -0.3 is 14.9 Å². The van der Waals surface area contributed by atoms with Crippen LogP contribution in [0.15, 0.2) is 0 Å². The molecule has 0 aromatic rings. The molecule has 0 saturated heterocycles. The molecule has 4 heteroatoms. The monoisotopic (exact) mass is 162 g/mol. The first-order chi connectivity index (χ1) is 4.98. The normalized spacial score (nSPS) is 15.6. The van der Waals surface area contributed by atoms with E-state index in [9.17, 15) is 9.90 Å². The molecule has 0 bridgehead atoms. The highest BCUT2D eigenvalue weighted by atomic mass is 16.5. The second-order valence-corrected chi connectivity index (χ2v) is 2.75. The zero-order valence-corrected chi connectivity index (χ0v) is 6.83. The third kappa shape index (κ3) is 5.82. The van der Waals surface area contributed by atoms with Gasteiger partial charge in [0.05, 0.1) is 5.60 Å². The second kappa shape index (κ2) is 4.31. The lowest BCUT2D eigenvalue weighted by Crippen LogP contribution is -2.32. The molecular formula is C7H14O4. The molecule has 4 nitrogen and oxygen atoms in total. The summed E-state index contributed by atoms with van der Waals surface area (Å²) in [4.78, 5) is 10.3. The summed E-state index contributed by atoms with van der Waals surface area (Å²) in [5.41, 5.74) is -1.11. The summed E-state index contributed by atoms with van der Waals surface area (Å²) in [7, 11) is 0. The van der Waals surface area contributed by atoms with Gasteiger partial charge in [0, 0.05) is 20.0 Å². The van der Waals surface area contributed by atoms with Crippen LogP contribution in [0, 0.1) is 0 Å². The Bertz CT molecular complexity index is 130. The number of aliphatic hydroxyl groups excluding tert-OH is 1. The molecule has 1 atom stereocenters. The molecule has 0 heterocycles. The van der Waals surface area contributed by atoms with Gasteiger partial charge in [0.1, 0.15) is 6.61 Å². The van der Waals surface area contributed by atoms with E-state index < -0.39 is 11.6 Å². The number of ether oxygens (including phenoxy) is 1. The van der Waals surface area contributed by atoms with Crippen LogP contribution in [0.2, 0.25) is 0 Å². The molecule has 2 N–H and O–H groups in total. The Balaban J connectivity index is 3.63. The fourth-order valence-corrected chi connectivity index (χ4v) is 0.570. The first kappa shape index (κ1) is 10.4. The van der Waals surface area contributed by atoms with Crippen molar-refractivity contribution in [1.29, 1.82) is 0 Å². The van der Waals surface area contributed by atoms with Gasteiger partial charge in [-0.15, -0.1) is 0 Å². The van der Waals surface area contributed by atoms with Crippen molar-refractivity contribution in [3.63, 3.8) is 0 Å². The molecule has 0 aliphatic carbocycles. The number of rotatable bonds is 4. The minimum Gasteiger partial charge on any atom is -0.463 e. The van der Waals surface area contributed by atoms with Crippen LogP contribution in [0.3, 0.4) is 0 Å². The van der Waals surface area contributed by atoms with Crippen molar-refractivity contribution >= 4 is 5.97 Å². The maximum Gasteiger partial charge on any atom is 0.302 e. The molecule has 66 valence electrons. The number of aliphatic hydroxyl groups is 2. The molecule has 0 aromatic carbocycles. The summed E-state index contributed by atoms with van der Waals surface area (Å²) >= 11 is 0. The van der Waals surface area contributed by atoms with E-state index in [4.69, 9.17) is 5.11 Å². The maximum atomic E-state index is 10.3. The third-order valence-electron chi connectivity index (χ3n) is 1.24. The number of carbonyl (C=O) groups excluding carboxylic acids is 1. The Morgan fingerprint density at radius 3 is 2.55 bits per heavy atom. The average molecular weight is 162 g/mol. The highest BCUT2D eigenvalue weighted by Gasteiger charge is 2.20. The van der Waals surface area contributed by atoms with Gasteiger partial charge in [-0.25, -0.2) is 0 Å². The van der Waals surface area contributed by atoms with Crippen molar-refractivity contribution in [2.75, 3.05) is 13.2 Å². The van der Waals surface area contributed by atoms with Crippen LogP contribution in [0.5, 0.6) is 0 Å². The molecule has 0 saturated carbocycles. The van der Waals surface area contributed by atoms with Crippen molar-refractivity contribution in [3.05, 3.63) is 0 Å². The Morgan fingerprint density at radius 2 is 2.18 bits per heavy atom. The topological polar surface area (TPSA) is 66.8 Å². The lowest BCUT2D eigenvalue weighted by atomic mass is 10.1.